The van der Waals surface area contributed by atoms with Crippen molar-refractivity contribution < 1.29 is 9.59 Å². The molecule has 5 heteroatoms. The summed E-state index contributed by atoms with van der Waals surface area (Å²) in [5, 5.41) is 3.17. The van der Waals surface area contributed by atoms with Crippen LogP contribution >= 0.6 is 0 Å². The van der Waals surface area contributed by atoms with Crippen molar-refractivity contribution in [3.05, 3.63) is 29.3 Å². The second-order valence-electron chi connectivity index (χ2n) is 3.98. The number of hydrogen-bond donors (Lipinski definition) is 3. The third-order valence-electron chi connectivity index (χ3n) is 2.53. The van der Waals surface area contributed by atoms with Crippen molar-refractivity contribution >= 4 is 17.5 Å². The molecule has 2 amide bonds. The lowest BCUT2D eigenvalue weighted by molar-refractivity contribution is 0.0999. The van der Waals surface area contributed by atoms with Gasteiger partial charge >= 0.3 is 0 Å². The van der Waals surface area contributed by atoms with Crippen LogP contribution in [0.25, 0.3) is 0 Å². The number of rotatable bonds is 5. The van der Waals surface area contributed by atoms with Crippen LogP contribution in [0.4, 0.5) is 5.69 Å². The number of hydrogen-bond acceptors (Lipinski definition) is 3. The van der Waals surface area contributed by atoms with Crippen molar-refractivity contribution in [1.82, 2.24) is 0 Å². The van der Waals surface area contributed by atoms with Crippen LogP contribution in [0.3, 0.4) is 0 Å². The van der Waals surface area contributed by atoms with Crippen molar-refractivity contribution in [2.45, 2.75) is 26.3 Å². The average molecular weight is 235 g/mol. The van der Waals surface area contributed by atoms with Crippen LogP contribution in [0.2, 0.25) is 0 Å². The molecule has 0 saturated carbocycles. The molecule has 92 valence electrons. The second kappa shape index (κ2) is 5.34. The van der Waals surface area contributed by atoms with E-state index in [1.54, 1.807) is 12.1 Å². The van der Waals surface area contributed by atoms with Gasteiger partial charge in [-0.2, -0.15) is 0 Å². The van der Waals surface area contributed by atoms with E-state index in [0.717, 1.165) is 6.42 Å². The van der Waals surface area contributed by atoms with E-state index in [1.165, 1.54) is 6.07 Å². The molecule has 0 heterocycles. The van der Waals surface area contributed by atoms with Crippen molar-refractivity contribution in [2.24, 2.45) is 11.5 Å². The number of anilines is 1. The van der Waals surface area contributed by atoms with E-state index in [2.05, 4.69) is 5.32 Å². The molecule has 1 aromatic carbocycles. The zero-order chi connectivity index (χ0) is 13.0. The number of nitrogens with two attached hydrogens (primary N) is 2. The number of benzene rings is 1. The maximum Gasteiger partial charge on any atom is 0.248 e. The molecule has 1 unspecified atom stereocenters. The third kappa shape index (κ3) is 3.48. The number of carbonyl (C=O) groups is 2. The molecule has 0 saturated heterocycles. The third-order valence-corrected chi connectivity index (χ3v) is 2.53. The van der Waals surface area contributed by atoms with Crippen LogP contribution in [-0.2, 0) is 0 Å². The summed E-state index contributed by atoms with van der Waals surface area (Å²) in [6, 6.07) is 4.85. The van der Waals surface area contributed by atoms with Crippen LogP contribution in [0.15, 0.2) is 18.2 Å². The lowest BCUT2D eigenvalue weighted by atomic mass is 10.1. The molecule has 0 aliphatic heterocycles. The van der Waals surface area contributed by atoms with E-state index in [0.29, 0.717) is 5.69 Å². The van der Waals surface area contributed by atoms with Gasteiger partial charge in [0.15, 0.2) is 0 Å². The zero-order valence-corrected chi connectivity index (χ0v) is 9.99. The predicted molar refractivity (Wildman–Crippen MR) is 66.9 cm³/mol. The first-order valence-electron chi connectivity index (χ1n) is 5.45. The minimum Gasteiger partial charge on any atom is -0.383 e. The highest BCUT2D eigenvalue weighted by Gasteiger charge is 2.09. The highest BCUT2D eigenvalue weighted by molar-refractivity contribution is 5.99. The molecule has 0 aliphatic carbocycles. The van der Waals surface area contributed by atoms with Crippen LogP contribution < -0.4 is 16.8 Å². The fourth-order valence-corrected chi connectivity index (χ4v) is 1.38. The van der Waals surface area contributed by atoms with Gasteiger partial charge in [0.1, 0.15) is 0 Å². The summed E-state index contributed by atoms with van der Waals surface area (Å²) in [7, 11) is 0. The molecule has 1 aromatic rings. The molecule has 17 heavy (non-hydrogen) atoms. The van der Waals surface area contributed by atoms with E-state index >= 15 is 0 Å². The Morgan fingerprint density at radius 3 is 2.00 bits per heavy atom. The normalized spacial score (nSPS) is 11.9. The monoisotopic (exact) mass is 235 g/mol. The fourth-order valence-electron chi connectivity index (χ4n) is 1.38. The standard InChI is InChI=1S/C12H17N3O2/c1-3-7(2)15-10-5-8(11(13)16)4-9(6-10)12(14)17/h4-7,15H,3H2,1-2H3,(H2,13,16)(H2,14,17). The van der Waals surface area contributed by atoms with Gasteiger partial charge in [0.2, 0.25) is 11.8 Å². The summed E-state index contributed by atoms with van der Waals surface area (Å²) >= 11 is 0. The van der Waals surface area contributed by atoms with Gasteiger partial charge in [0.05, 0.1) is 0 Å². The number of amides is 2. The second-order valence-corrected chi connectivity index (χ2v) is 3.98. The van der Waals surface area contributed by atoms with Crippen LogP contribution in [0, 0.1) is 0 Å². The summed E-state index contributed by atoms with van der Waals surface area (Å²) in [6.45, 7) is 4.03. The molecule has 5 N–H and O–H groups in total. The lowest BCUT2D eigenvalue weighted by Crippen LogP contribution is -2.18. The molecule has 0 fully saturated rings. The number of primary amides is 2. The Kier molecular flexibility index (Phi) is 4.09. The van der Waals surface area contributed by atoms with Gasteiger partial charge in [-0.1, -0.05) is 6.92 Å². The summed E-state index contributed by atoms with van der Waals surface area (Å²) < 4.78 is 0. The van der Waals surface area contributed by atoms with Gasteiger partial charge in [0, 0.05) is 22.9 Å². The molecule has 5 nitrogen and oxygen atoms in total. The molecule has 0 aromatic heterocycles. The molecular formula is C12H17N3O2. The minimum absolute atomic E-state index is 0.235. The first-order chi connectivity index (χ1) is 7.93. The van der Waals surface area contributed by atoms with Crippen LogP contribution in [0.1, 0.15) is 41.0 Å². The topological polar surface area (TPSA) is 98.2 Å². The highest BCUT2D eigenvalue weighted by atomic mass is 16.1. The van der Waals surface area contributed by atoms with E-state index in [1.807, 2.05) is 13.8 Å². The summed E-state index contributed by atoms with van der Waals surface area (Å²) in [4.78, 5) is 22.3. The van der Waals surface area contributed by atoms with Gasteiger partial charge in [-0.3, -0.25) is 9.59 Å². The fraction of sp³-hybridized carbons (Fsp3) is 0.333. The SMILES string of the molecule is CCC(C)Nc1cc(C(N)=O)cc(C(N)=O)c1. The molecule has 0 bridgehead atoms. The van der Waals surface area contributed by atoms with Crippen molar-refractivity contribution in [3.8, 4) is 0 Å². The van der Waals surface area contributed by atoms with Gasteiger partial charge in [-0.05, 0) is 31.5 Å². The predicted octanol–water partition coefficient (Wildman–Crippen LogP) is 1.09. The first kappa shape index (κ1) is 13.0. The maximum atomic E-state index is 11.1. The van der Waals surface area contributed by atoms with E-state index in [-0.39, 0.29) is 17.2 Å². The molecule has 0 spiro atoms. The highest BCUT2D eigenvalue weighted by Crippen LogP contribution is 2.16. The molecule has 0 aliphatic rings. The minimum atomic E-state index is -0.583. The quantitative estimate of drug-likeness (QED) is 0.712. The molecule has 1 rings (SSSR count). The van der Waals surface area contributed by atoms with Gasteiger partial charge in [0.25, 0.3) is 0 Å². The van der Waals surface area contributed by atoms with E-state index in [4.69, 9.17) is 11.5 Å². The summed E-state index contributed by atoms with van der Waals surface area (Å²) in [5.74, 6) is -1.17. The Morgan fingerprint density at radius 1 is 1.18 bits per heavy atom. The number of nitrogens with one attached hydrogen (secondary N) is 1. The Hall–Kier alpha value is -2.04. The molecule has 0 radical (unpaired) electrons. The van der Waals surface area contributed by atoms with Crippen LogP contribution in [0.5, 0.6) is 0 Å². The molecule has 1 atom stereocenters. The van der Waals surface area contributed by atoms with Gasteiger partial charge in [-0.15, -0.1) is 0 Å². The van der Waals surface area contributed by atoms with Gasteiger partial charge in [-0.25, -0.2) is 0 Å². The summed E-state index contributed by atoms with van der Waals surface area (Å²) in [5.41, 5.74) is 11.6. The Labute approximate surface area is 100 Å². The van der Waals surface area contributed by atoms with Crippen LogP contribution in [-0.4, -0.2) is 17.9 Å². The Bertz CT molecular complexity index is 411. The smallest absolute Gasteiger partial charge is 0.248 e. The lowest BCUT2D eigenvalue weighted by Gasteiger charge is -2.14. The van der Waals surface area contributed by atoms with Crippen molar-refractivity contribution in [1.29, 1.82) is 0 Å². The van der Waals surface area contributed by atoms with Crippen molar-refractivity contribution in [2.75, 3.05) is 5.32 Å². The Morgan fingerprint density at radius 2 is 1.65 bits per heavy atom. The largest absolute Gasteiger partial charge is 0.383 e. The van der Waals surface area contributed by atoms with E-state index < -0.39 is 11.8 Å². The number of carbonyl (C=O) groups excluding carboxylic acids is 2. The summed E-state index contributed by atoms with van der Waals surface area (Å²) in [6.07, 6.45) is 0.923. The van der Waals surface area contributed by atoms with E-state index in [9.17, 15) is 9.59 Å². The van der Waals surface area contributed by atoms with Crippen molar-refractivity contribution in [3.63, 3.8) is 0 Å². The Balaban J connectivity index is 3.12. The molecular weight excluding hydrogens is 218 g/mol. The van der Waals surface area contributed by atoms with Gasteiger partial charge < -0.3 is 16.8 Å². The average Bonchev–Trinajstić information content (AvgIpc) is 2.28. The first-order valence-corrected chi connectivity index (χ1v) is 5.45. The zero-order valence-electron chi connectivity index (χ0n) is 9.99. The maximum absolute atomic E-state index is 11.1.